The highest BCUT2D eigenvalue weighted by molar-refractivity contribution is 6.32. The molecule has 1 heterocycles. The molecule has 0 unspecified atom stereocenters. The van der Waals surface area contributed by atoms with Crippen LogP contribution in [0, 0.1) is 5.82 Å². The van der Waals surface area contributed by atoms with Crippen LogP contribution in [0.15, 0.2) is 36.4 Å². The molecule has 2 aromatic rings. The van der Waals surface area contributed by atoms with Crippen molar-refractivity contribution in [3.05, 3.63) is 58.4 Å². The molecule has 1 aliphatic heterocycles. The molecular formula is C18H17ClFNO3. The van der Waals surface area contributed by atoms with Crippen molar-refractivity contribution < 1.29 is 18.7 Å². The van der Waals surface area contributed by atoms with E-state index in [2.05, 4.69) is 5.32 Å². The molecule has 0 saturated heterocycles. The van der Waals surface area contributed by atoms with Crippen LogP contribution in [0.25, 0.3) is 0 Å². The van der Waals surface area contributed by atoms with E-state index in [-0.39, 0.29) is 18.1 Å². The second-order valence-corrected chi connectivity index (χ2v) is 5.92. The predicted molar refractivity (Wildman–Crippen MR) is 89.3 cm³/mol. The van der Waals surface area contributed by atoms with E-state index < -0.39 is 0 Å². The van der Waals surface area contributed by atoms with Crippen molar-refractivity contribution in [2.75, 3.05) is 19.8 Å². The lowest BCUT2D eigenvalue weighted by Crippen LogP contribution is -2.27. The van der Waals surface area contributed by atoms with Gasteiger partial charge >= 0.3 is 0 Å². The third kappa shape index (κ3) is 4.17. The Morgan fingerprint density at radius 3 is 2.83 bits per heavy atom. The predicted octanol–water partition coefficient (Wildman–Crippen LogP) is 3.15. The first-order valence-corrected chi connectivity index (χ1v) is 8.09. The Kier molecular flexibility index (Phi) is 5.20. The van der Waals surface area contributed by atoms with Gasteiger partial charge in [-0.05, 0) is 41.8 Å². The van der Waals surface area contributed by atoms with Crippen LogP contribution in [0.5, 0.6) is 11.5 Å². The summed E-state index contributed by atoms with van der Waals surface area (Å²) in [6.07, 6.45) is 0.769. The van der Waals surface area contributed by atoms with Crippen LogP contribution < -0.4 is 14.8 Å². The van der Waals surface area contributed by atoms with Crippen LogP contribution in [0.2, 0.25) is 5.02 Å². The molecule has 1 amide bonds. The van der Waals surface area contributed by atoms with E-state index in [4.69, 9.17) is 21.1 Å². The highest BCUT2D eigenvalue weighted by atomic mass is 35.5. The van der Waals surface area contributed by atoms with Crippen molar-refractivity contribution in [1.29, 1.82) is 0 Å². The summed E-state index contributed by atoms with van der Waals surface area (Å²) in [5.74, 6) is 0.693. The third-order valence-electron chi connectivity index (χ3n) is 3.65. The van der Waals surface area contributed by atoms with Crippen LogP contribution in [-0.2, 0) is 17.6 Å². The summed E-state index contributed by atoms with van der Waals surface area (Å²) in [6, 6.07) is 9.83. The summed E-state index contributed by atoms with van der Waals surface area (Å²) in [5.41, 5.74) is 1.60. The Labute approximate surface area is 144 Å². The maximum absolute atomic E-state index is 13.1. The van der Waals surface area contributed by atoms with E-state index in [1.54, 1.807) is 18.2 Å². The maximum Gasteiger partial charge on any atom is 0.224 e. The Morgan fingerprint density at radius 1 is 1.17 bits per heavy atom. The molecule has 1 aliphatic rings. The van der Waals surface area contributed by atoms with Gasteiger partial charge in [-0.25, -0.2) is 4.39 Å². The number of hydrogen-bond acceptors (Lipinski definition) is 3. The molecule has 2 aromatic carbocycles. The molecule has 126 valence electrons. The normalized spacial score (nSPS) is 12.8. The minimum atomic E-state index is -0.273. The molecule has 0 bridgehead atoms. The molecule has 24 heavy (non-hydrogen) atoms. The lowest BCUT2D eigenvalue weighted by atomic mass is 10.1. The largest absolute Gasteiger partial charge is 0.486 e. The summed E-state index contributed by atoms with van der Waals surface area (Å²) in [7, 11) is 0. The standard InChI is InChI=1S/C18H17ClFNO3/c19-15-9-13(10-16-18(15)24-7-6-23-16)11-17(22)21-5-4-12-2-1-3-14(20)8-12/h1-3,8-10H,4-7,11H2,(H,21,22). The van der Waals surface area contributed by atoms with Gasteiger partial charge in [-0.2, -0.15) is 0 Å². The second kappa shape index (κ2) is 7.53. The van der Waals surface area contributed by atoms with Gasteiger partial charge in [-0.15, -0.1) is 0 Å². The number of rotatable bonds is 5. The van der Waals surface area contributed by atoms with Gasteiger partial charge in [-0.3, -0.25) is 4.79 Å². The summed E-state index contributed by atoms with van der Waals surface area (Å²) in [5, 5.41) is 3.26. The number of halogens is 2. The fourth-order valence-electron chi connectivity index (χ4n) is 2.55. The fraction of sp³-hybridized carbons (Fsp3) is 0.278. The molecule has 1 N–H and O–H groups in total. The van der Waals surface area contributed by atoms with E-state index in [0.717, 1.165) is 11.1 Å². The quantitative estimate of drug-likeness (QED) is 0.902. The molecule has 4 nitrogen and oxygen atoms in total. The van der Waals surface area contributed by atoms with Crippen LogP contribution in [0.4, 0.5) is 4.39 Å². The third-order valence-corrected chi connectivity index (χ3v) is 3.93. The lowest BCUT2D eigenvalue weighted by molar-refractivity contribution is -0.120. The van der Waals surface area contributed by atoms with E-state index in [1.165, 1.54) is 12.1 Å². The molecule has 6 heteroatoms. The summed E-state index contributed by atoms with van der Waals surface area (Å²) >= 11 is 6.16. The SMILES string of the molecule is O=C(Cc1cc(Cl)c2c(c1)OCCO2)NCCc1cccc(F)c1. The zero-order valence-corrected chi connectivity index (χ0v) is 13.7. The topological polar surface area (TPSA) is 47.6 Å². The van der Waals surface area contributed by atoms with Crippen LogP contribution in [-0.4, -0.2) is 25.7 Å². The van der Waals surface area contributed by atoms with Gasteiger partial charge in [0.15, 0.2) is 11.5 Å². The maximum atomic E-state index is 13.1. The number of hydrogen-bond donors (Lipinski definition) is 1. The molecule has 0 spiro atoms. The monoisotopic (exact) mass is 349 g/mol. The van der Waals surface area contributed by atoms with Gasteiger partial charge in [0, 0.05) is 6.54 Å². The number of carbonyl (C=O) groups excluding carboxylic acids is 1. The molecule has 0 aromatic heterocycles. The number of ether oxygens (including phenoxy) is 2. The van der Waals surface area contributed by atoms with Crippen molar-refractivity contribution in [1.82, 2.24) is 5.32 Å². The molecular weight excluding hydrogens is 333 g/mol. The Morgan fingerprint density at radius 2 is 2.00 bits per heavy atom. The van der Waals surface area contributed by atoms with Crippen molar-refractivity contribution in [2.24, 2.45) is 0 Å². The van der Waals surface area contributed by atoms with Gasteiger partial charge in [0.1, 0.15) is 19.0 Å². The Hall–Kier alpha value is -2.27. The number of amides is 1. The van der Waals surface area contributed by atoms with Crippen molar-refractivity contribution in [3.8, 4) is 11.5 Å². The molecule has 0 atom stereocenters. The van der Waals surface area contributed by atoms with Crippen LogP contribution in [0.3, 0.4) is 0 Å². The van der Waals surface area contributed by atoms with Crippen molar-refractivity contribution in [2.45, 2.75) is 12.8 Å². The second-order valence-electron chi connectivity index (χ2n) is 5.51. The highest BCUT2D eigenvalue weighted by Gasteiger charge is 2.17. The first kappa shape index (κ1) is 16.6. The Bertz CT molecular complexity index is 751. The molecule has 3 rings (SSSR count). The van der Waals surface area contributed by atoms with Gasteiger partial charge < -0.3 is 14.8 Å². The number of carbonyl (C=O) groups is 1. The molecule has 0 fully saturated rings. The van der Waals surface area contributed by atoms with Crippen LogP contribution in [0.1, 0.15) is 11.1 Å². The first-order valence-electron chi connectivity index (χ1n) is 7.71. The summed E-state index contributed by atoms with van der Waals surface area (Å²) < 4.78 is 24.0. The smallest absolute Gasteiger partial charge is 0.224 e. The first-order chi connectivity index (χ1) is 11.6. The van der Waals surface area contributed by atoms with E-state index in [9.17, 15) is 9.18 Å². The van der Waals surface area contributed by atoms with Crippen LogP contribution >= 0.6 is 11.6 Å². The molecule has 0 radical (unpaired) electrons. The Balaban J connectivity index is 1.54. The number of nitrogens with one attached hydrogen (secondary N) is 1. The van der Waals surface area contributed by atoms with Gasteiger partial charge in [0.2, 0.25) is 5.91 Å². The zero-order valence-electron chi connectivity index (χ0n) is 13.0. The minimum Gasteiger partial charge on any atom is -0.486 e. The average molecular weight is 350 g/mol. The number of benzene rings is 2. The fourth-order valence-corrected chi connectivity index (χ4v) is 2.84. The zero-order chi connectivity index (χ0) is 16.9. The van der Waals surface area contributed by atoms with Crippen molar-refractivity contribution >= 4 is 17.5 Å². The summed E-state index contributed by atoms with van der Waals surface area (Å²) in [4.78, 5) is 12.0. The van der Waals surface area contributed by atoms with Gasteiger partial charge in [-0.1, -0.05) is 23.7 Å². The number of fused-ring (bicyclic) bond motifs is 1. The van der Waals surface area contributed by atoms with E-state index in [0.29, 0.717) is 42.7 Å². The average Bonchev–Trinajstić information content (AvgIpc) is 2.55. The lowest BCUT2D eigenvalue weighted by Gasteiger charge is -2.20. The van der Waals surface area contributed by atoms with Gasteiger partial charge in [0.05, 0.1) is 11.4 Å². The summed E-state index contributed by atoms with van der Waals surface area (Å²) in [6.45, 7) is 1.37. The molecule has 0 saturated carbocycles. The highest BCUT2D eigenvalue weighted by Crippen LogP contribution is 2.38. The van der Waals surface area contributed by atoms with E-state index >= 15 is 0 Å². The van der Waals surface area contributed by atoms with Crippen molar-refractivity contribution in [3.63, 3.8) is 0 Å². The van der Waals surface area contributed by atoms with E-state index in [1.807, 2.05) is 6.07 Å². The molecule has 0 aliphatic carbocycles. The minimum absolute atomic E-state index is 0.126. The van der Waals surface area contributed by atoms with Gasteiger partial charge in [0.25, 0.3) is 0 Å².